The zero-order valence-electron chi connectivity index (χ0n) is 9.81. The largest absolute Gasteiger partial charge is 0.478 e. The van der Waals surface area contributed by atoms with E-state index in [0.717, 1.165) is 5.01 Å². The number of carboxylic acid groups (broad SMARTS) is 1. The van der Waals surface area contributed by atoms with Crippen LogP contribution in [0.15, 0.2) is 24.4 Å². The number of thiazole rings is 1. The fourth-order valence-electron chi connectivity index (χ4n) is 1.44. The van der Waals surface area contributed by atoms with Gasteiger partial charge in [0.15, 0.2) is 0 Å². The Kier molecular flexibility index (Phi) is 3.82. The standard InChI is InChI=1S/C12H9ClN2O3S/c1-6-14-5-10(19-6)11(16)15-9-3-7(12(17)18)2-8(13)4-9/h2-5H,1H3,(H,15,16)(H,17,18). The summed E-state index contributed by atoms with van der Waals surface area (Å²) in [5.74, 6) is -1.45. The molecule has 1 heterocycles. The zero-order chi connectivity index (χ0) is 14.0. The first-order chi connectivity index (χ1) is 8.95. The van der Waals surface area contributed by atoms with Gasteiger partial charge in [0.2, 0.25) is 0 Å². The van der Waals surface area contributed by atoms with Gasteiger partial charge in [-0.3, -0.25) is 4.79 Å². The second-order valence-electron chi connectivity index (χ2n) is 3.73. The number of halogens is 1. The molecule has 7 heteroatoms. The van der Waals surface area contributed by atoms with Crippen LogP contribution in [0.1, 0.15) is 25.0 Å². The summed E-state index contributed by atoms with van der Waals surface area (Å²) < 4.78 is 0. The van der Waals surface area contributed by atoms with Gasteiger partial charge in [0.25, 0.3) is 5.91 Å². The minimum atomic E-state index is -1.10. The summed E-state index contributed by atoms with van der Waals surface area (Å²) in [5, 5.41) is 12.5. The number of aromatic carboxylic acids is 1. The van der Waals surface area contributed by atoms with Crippen LogP contribution in [-0.2, 0) is 0 Å². The molecule has 2 rings (SSSR count). The molecule has 0 radical (unpaired) electrons. The summed E-state index contributed by atoms with van der Waals surface area (Å²) in [6, 6.07) is 4.15. The highest BCUT2D eigenvalue weighted by atomic mass is 35.5. The maximum atomic E-state index is 11.9. The highest BCUT2D eigenvalue weighted by Crippen LogP contribution is 2.21. The minimum Gasteiger partial charge on any atom is -0.478 e. The number of carbonyl (C=O) groups is 2. The predicted octanol–water partition coefficient (Wildman–Crippen LogP) is 3.06. The zero-order valence-corrected chi connectivity index (χ0v) is 11.4. The second-order valence-corrected chi connectivity index (χ2v) is 5.40. The van der Waals surface area contributed by atoms with Crippen molar-refractivity contribution in [1.29, 1.82) is 0 Å². The number of carbonyl (C=O) groups excluding carboxylic acids is 1. The number of amides is 1. The Morgan fingerprint density at radius 3 is 2.68 bits per heavy atom. The van der Waals surface area contributed by atoms with E-state index >= 15 is 0 Å². The number of rotatable bonds is 3. The molecule has 0 bridgehead atoms. The van der Waals surface area contributed by atoms with Gasteiger partial charge in [-0.2, -0.15) is 0 Å². The van der Waals surface area contributed by atoms with E-state index in [0.29, 0.717) is 10.6 Å². The Morgan fingerprint density at radius 1 is 1.37 bits per heavy atom. The molecule has 2 N–H and O–H groups in total. The molecule has 0 aliphatic carbocycles. The van der Waals surface area contributed by atoms with E-state index in [1.807, 2.05) is 0 Å². The molecule has 0 saturated heterocycles. The van der Waals surface area contributed by atoms with Crippen molar-refractivity contribution in [1.82, 2.24) is 4.98 Å². The van der Waals surface area contributed by atoms with Crippen LogP contribution in [0, 0.1) is 6.92 Å². The Labute approximate surface area is 117 Å². The minimum absolute atomic E-state index is 0.0169. The van der Waals surface area contributed by atoms with Crippen molar-refractivity contribution >= 4 is 40.5 Å². The number of aryl methyl sites for hydroxylation is 1. The van der Waals surface area contributed by atoms with Crippen molar-refractivity contribution in [2.75, 3.05) is 5.32 Å². The molecule has 0 fully saturated rings. The molecule has 0 aliphatic heterocycles. The molecule has 0 unspecified atom stereocenters. The van der Waals surface area contributed by atoms with E-state index in [4.69, 9.17) is 16.7 Å². The van der Waals surface area contributed by atoms with Crippen molar-refractivity contribution in [2.45, 2.75) is 6.92 Å². The van der Waals surface area contributed by atoms with Crippen LogP contribution < -0.4 is 5.32 Å². The summed E-state index contributed by atoms with van der Waals surface area (Å²) in [6.45, 7) is 1.80. The van der Waals surface area contributed by atoms with Crippen LogP contribution in [0.25, 0.3) is 0 Å². The fraction of sp³-hybridized carbons (Fsp3) is 0.0833. The number of hydrogen-bond acceptors (Lipinski definition) is 4. The first-order valence-electron chi connectivity index (χ1n) is 5.23. The molecule has 0 spiro atoms. The third-order valence-corrected chi connectivity index (χ3v) is 3.38. The molecule has 2 aromatic rings. The predicted molar refractivity (Wildman–Crippen MR) is 73.2 cm³/mol. The number of aromatic nitrogens is 1. The highest BCUT2D eigenvalue weighted by Gasteiger charge is 2.12. The first-order valence-corrected chi connectivity index (χ1v) is 6.43. The van der Waals surface area contributed by atoms with E-state index < -0.39 is 5.97 Å². The molecule has 19 heavy (non-hydrogen) atoms. The molecule has 0 aliphatic rings. The van der Waals surface area contributed by atoms with Crippen LogP contribution in [0.4, 0.5) is 5.69 Å². The number of anilines is 1. The lowest BCUT2D eigenvalue weighted by molar-refractivity contribution is 0.0696. The third kappa shape index (κ3) is 3.30. The summed E-state index contributed by atoms with van der Waals surface area (Å²) in [4.78, 5) is 27.2. The third-order valence-electron chi connectivity index (χ3n) is 2.25. The van der Waals surface area contributed by atoms with Crippen molar-refractivity contribution in [3.63, 3.8) is 0 Å². The Hall–Kier alpha value is -1.92. The fourth-order valence-corrected chi connectivity index (χ4v) is 2.35. The lowest BCUT2D eigenvalue weighted by atomic mass is 10.2. The Balaban J connectivity index is 2.23. The van der Waals surface area contributed by atoms with E-state index in [-0.39, 0.29) is 16.5 Å². The summed E-state index contributed by atoms with van der Waals surface area (Å²) in [7, 11) is 0. The van der Waals surface area contributed by atoms with Crippen molar-refractivity contribution in [2.24, 2.45) is 0 Å². The number of benzene rings is 1. The lowest BCUT2D eigenvalue weighted by Crippen LogP contribution is -2.11. The summed E-state index contributed by atoms with van der Waals surface area (Å²) in [5.41, 5.74) is 0.351. The molecular formula is C12H9ClN2O3S. The van der Waals surface area contributed by atoms with Gasteiger partial charge in [-0.05, 0) is 25.1 Å². The van der Waals surface area contributed by atoms with Gasteiger partial charge in [0.05, 0.1) is 16.8 Å². The van der Waals surface area contributed by atoms with Crippen LogP contribution >= 0.6 is 22.9 Å². The van der Waals surface area contributed by atoms with Crippen LogP contribution in [0.3, 0.4) is 0 Å². The first kappa shape index (κ1) is 13.5. The topological polar surface area (TPSA) is 79.3 Å². The van der Waals surface area contributed by atoms with Gasteiger partial charge in [-0.1, -0.05) is 11.6 Å². The Morgan fingerprint density at radius 2 is 2.11 bits per heavy atom. The molecule has 1 amide bonds. The average molecular weight is 297 g/mol. The lowest BCUT2D eigenvalue weighted by Gasteiger charge is -2.05. The molecule has 98 valence electrons. The Bertz CT molecular complexity index is 654. The number of hydrogen-bond donors (Lipinski definition) is 2. The molecule has 0 saturated carbocycles. The molecule has 1 aromatic carbocycles. The van der Waals surface area contributed by atoms with Gasteiger partial charge in [-0.15, -0.1) is 11.3 Å². The van der Waals surface area contributed by atoms with Gasteiger partial charge in [-0.25, -0.2) is 9.78 Å². The van der Waals surface area contributed by atoms with Gasteiger partial charge >= 0.3 is 5.97 Å². The smallest absolute Gasteiger partial charge is 0.335 e. The number of nitrogens with one attached hydrogen (secondary N) is 1. The van der Waals surface area contributed by atoms with E-state index in [2.05, 4.69) is 10.3 Å². The second kappa shape index (κ2) is 5.38. The molecular weight excluding hydrogens is 288 g/mol. The van der Waals surface area contributed by atoms with Gasteiger partial charge < -0.3 is 10.4 Å². The van der Waals surface area contributed by atoms with Crippen molar-refractivity contribution in [3.8, 4) is 0 Å². The molecule has 0 atom stereocenters. The average Bonchev–Trinajstić information content (AvgIpc) is 2.75. The maximum Gasteiger partial charge on any atom is 0.335 e. The van der Waals surface area contributed by atoms with Crippen molar-refractivity contribution < 1.29 is 14.7 Å². The molecule has 1 aromatic heterocycles. The SMILES string of the molecule is Cc1ncc(C(=O)Nc2cc(Cl)cc(C(=O)O)c2)s1. The van der Waals surface area contributed by atoms with E-state index in [1.165, 1.54) is 35.7 Å². The van der Waals surface area contributed by atoms with E-state index in [1.54, 1.807) is 6.92 Å². The van der Waals surface area contributed by atoms with Gasteiger partial charge in [0, 0.05) is 10.7 Å². The van der Waals surface area contributed by atoms with E-state index in [9.17, 15) is 9.59 Å². The van der Waals surface area contributed by atoms with Gasteiger partial charge in [0.1, 0.15) is 4.88 Å². The van der Waals surface area contributed by atoms with Crippen molar-refractivity contribution in [3.05, 3.63) is 44.9 Å². The van der Waals surface area contributed by atoms with Crippen LogP contribution in [-0.4, -0.2) is 22.0 Å². The maximum absolute atomic E-state index is 11.9. The summed E-state index contributed by atoms with van der Waals surface area (Å²) >= 11 is 7.06. The van der Waals surface area contributed by atoms with Crippen LogP contribution in [0.5, 0.6) is 0 Å². The highest BCUT2D eigenvalue weighted by molar-refractivity contribution is 7.13. The number of carboxylic acids is 1. The monoisotopic (exact) mass is 296 g/mol. The summed E-state index contributed by atoms with van der Waals surface area (Å²) in [6.07, 6.45) is 1.47. The number of nitrogens with zero attached hydrogens (tertiary/aromatic N) is 1. The molecule has 5 nitrogen and oxygen atoms in total. The normalized spacial score (nSPS) is 10.2. The quantitative estimate of drug-likeness (QED) is 0.912. The van der Waals surface area contributed by atoms with Crippen LogP contribution in [0.2, 0.25) is 5.02 Å².